The van der Waals surface area contributed by atoms with E-state index in [0.717, 1.165) is 41.4 Å². The number of hydrogen-bond donors (Lipinski definition) is 0. The van der Waals surface area contributed by atoms with E-state index in [4.69, 9.17) is 9.72 Å². The molecule has 1 unspecified atom stereocenters. The van der Waals surface area contributed by atoms with Crippen molar-refractivity contribution in [2.75, 3.05) is 6.61 Å². The number of ketones is 1. The van der Waals surface area contributed by atoms with E-state index in [1.165, 1.54) is 24.3 Å². The van der Waals surface area contributed by atoms with Crippen molar-refractivity contribution in [1.29, 1.82) is 0 Å². The molecule has 5 heteroatoms. The molecule has 4 nitrogen and oxygen atoms in total. The van der Waals surface area contributed by atoms with Gasteiger partial charge in [-0.05, 0) is 61.1 Å². The minimum absolute atomic E-state index is 0.310. The van der Waals surface area contributed by atoms with E-state index in [0.29, 0.717) is 17.0 Å². The molecule has 0 bridgehead atoms. The van der Waals surface area contributed by atoms with E-state index in [1.807, 2.05) is 24.3 Å². The molecule has 3 aromatic rings. The topological polar surface area (TPSA) is 56.3 Å². The van der Waals surface area contributed by atoms with E-state index in [-0.39, 0.29) is 12.4 Å². The van der Waals surface area contributed by atoms with Crippen molar-refractivity contribution in [3.8, 4) is 0 Å². The number of nitrogens with zero attached hydrogens (tertiary/aromatic N) is 1. The van der Waals surface area contributed by atoms with E-state index in [2.05, 4.69) is 6.92 Å². The highest BCUT2D eigenvalue weighted by atomic mass is 19.1. The Morgan fingerprint density at radius 3 is 2.68 bits per heavy atom. The summed E-state index contributed by atoms with van der Waals surface area (Å²) in [6, 6.07) is 12.7. The molecule has 0 saturated carbocycles. The number of pyridine rings is 1. The third kappa shape index (κ3) is 3.52. The normalized spacial score (nSPS) is 15.9. The van der Waals surface area contributed by atoms with Gasteiger partial charge in [0.2, 0.25) is 0 Å². The summed E-state index contributed by atoms with van der Waals surface area (Å²) < 4.78 is 18.4. The molecule has 1 atom stereocenters. The van der Waals surface area contributed by atoms with Gasteiger partial charge in [-0.2, -0.15) is 0 Å². The van der Waals surface area contributed by atoms with Gasteiger partial charge in [0.1, 0.15) is 5.82 Å². The van der Waals surface area contributed by atoms with Crippen LogP contribution in [0.3, 0.4) is 0 Å². The van der Waals surface area contributed by atoms with Gasteiger partial charge >= 0.3 is 5.97 Å². The Bertz CT molecular complexity index is 1060. The van der Waals surface area contributed by atoms with Gasteiger partial charge in [0.05, 0.1) is 11.1 Å². The highest BCUT2D eigenvalue weighted by Crippen LogP contribution is 2.32. The molecule has 0 amide bonds. The highest BCUT2D eigenvalue weighted by Gasteiger charge is 2.26. The minimum atomic E-state index is -0.514. The summed E-state index contributed by atoms with van der Waals surface area (Å²) in [6.07, 6.45) is 2.63. The van der Waals surface area contributed by atoms with Crippen molar-refractivity contribution in [2.45, 2.75) is 26.2 Å². The molecule has 1 heterocycles. The second-order valence-electron chi connectivity index (χ2n) is 7.28. The third-order valence-electron chi connectivity index (χ3n) is 5.21. The van der Waals surface area contributed by atoms with Crippen LogP contribution in [-0.2, 0) is 17.6 Å². The zero-order chi connectivity index (χ0) is 19.7. The molecule has 0 aliphatic heterocycles. The van der Waals surface area contributed by atoms with Gasteiger partial charge in [-0.15, -0.1) is 0 Å². The molecule has 0 N–H and O–H groups in total. The third-order valence-corrected chi connectivity index (χ3v) is 5.21. The molecule has 2 aromatic carbocycles. The molecule has 28 heavy (non-hydrogen) atoms. The standard InChI is InChI=1S/C23H20FNO3/c1-14-6-11-20-18(12-14)22(17-4-2-3-5-19(17)25-20)23(27)28-13-21(26)15-7-9-16(24)10-8-15/h2-5,7-10,14H,6,11-13H2,1H3. The first-order chi connectivity index (χ1) is 13.5. The van der Waals surface area contributed by atoms with Gasteiger partial charge in [-0.25, -0.2) is 9.18 Å². The average Bonchev–Trinajstić information content (AvgIpc) is 2.70. The molecule has 4 rings (SSSR count). The van der Waals surface area contributed by atoms with Crippen LogP contribution in [0.25, 0.3) is 10.9 Å². The molecule has 0 saturated heterocycles. The molecule has 0 fully saturated rings. The Morgan fingerprint density at radius 1 is 1.14 bits per heavy atom. The van der Waals surface area contributed by atoms with Gasteiger partial charge < -0.3 is 4.74 Å². The van der Waals surface area contributed by atoms with Crippen molar-refractivity contribution in [1.82, 2.24) is 4.98 Å². The SMILES string of the molecule is CC1CCc2nc3ccccc3c(C(=O)OCC(=O)c3ccc(F)cc3)c2C1. The number of halogens is 1. The predicted molar refractivity (Wildman–Crippen MR) is 104 cm³/mol. The Hall–Kier alpha value is -3.08. The number of para-hydroxylation sites is 1. The molecule has 0 radical (unpaired) electrons. The summed E-state index contributed by atoms with van der Waals surface area (Å²) in [6.45, 7) is 1.77. The van der Waals surface area contributed by atoms with Crippen LogP contribution in [0.4, 0.5) is 4.39 Å². The number of benzene rings is 2. The number of carbonyl (C=O) groups is 2. The molecule has 1 aliphatic rings. The summed E-state index contributed by atoms with van der Waals surface area (Å²) in [4.78, 5) is 30.0. The van der Waals surface area contributed by atoms with Gasteiger partial charge in [-0.3, -0.25) is 9.78 Å². The zero-order valence-electron chi connectivity index (χ0n) is 15.6. The van der Waals surface area contributed by atoms with Crippen molar-refractivity contribution >= 4 is 22.7 Å². The average molecular weight is 377 g/mol. The minimum Gasteiger partial charge on any atom is -0.454 e. The predicted octanol–water partition coefficient (Wildman–Crippen LogP) is 4.54. The first-order valence-corrected chi connectivity index (χ1v) is 9.39. The summed E-state index contributed by atoms with van der Waals surface area (Å²) in [5, 5.41) is 0.745. The lowest BCUT2D eigenvalue weighted by molar-refractivity contribution is 0.0475. The molecule has 142 valence electrons. The van der Waals surface area contributed by atoms with Crippen LogP contribution in [-0.4, -0.2) is 23.3 Å². The number of aromatic nitrogens is 1. The zero-order valence-corrected chi connectivity index (χ0v) is 15.6. The van der Waals surface area contributed by atoms with Gasteiger partial charge in [0.15, 0.2) is 12.4 Å². The van der Waals surface area contributed by atoms with Crippen LogP contribution >= 0.6 is 0 Å². The molecule has 1 aliphatic carbocycles. The summed E-state index contributed by atoms with van der Waals surface area (Å²) in [7, 11) is 0. The van der Waals surface area contributed by atoms with Crippen LogP contribution in [0, 0.1) is 11.7 Å². The van der Waals surface area contributed by atoms with Gasteiger partial charge in [0, 0.05) is 16.6 Å². The number of Topliss-reactive ketones (excluding diaryl/α,β-unsaturated/α-hetero) is 1. The Labute approximate surface area is 162 Å². The maximum Gasteiger partial charge on any atom is 0.339 e. The molecular weight excluding hydrogens is 357 g/mol. The summed E-state index contributed by atoms with van der Waals surface area (Å²) >= 11 is 0. The maximum atomic E-state index is 13.0. The van der Waals surface area contributed by atoms with Crippen LogP contribution in [0.1, 0.15) is 45.3 Å². The van der Waals surface area contributed by atoms with E-state index >= 15 is 0 Å². The smallest absolute Gasteiger partial charge is 0.339 e. The lowest BCUT2D eigenvalue weighted by atomic mass is 9.84. The fraction of sp³-hybridized carbons (Fsp3) is 0.261. The first kappa shape index (κ1) is 18.3. The number of aryl methyl sites for hydroxylation is 1. The van der Waals surface area contributed by atoms with E-state index < -0.39 is 11.8 Å². The van der Waals surface area contributed by atoms with Crippen LogP contribution in [0.2, 0.25) is 0 Å². The number of esters is 1. The van der Waals surface area contributed by atoms with Crippen molar-refractivity contribution < 1.29 is 18.7 Å². The monoisotopic (exact) mass is 377 g/mol. The molecule has 0 spiro atoms. The number of fused-ring (bicyclic) bond motifs is 2. The largest absolute Gasteiger partial charge is 0.454 e. The van der Waals surface area contributed by atoms with E-state index in [9.17, 15) is 14.0 Å². The Kier molecular flexibility index (Phi) is 4.90. The van der Waals surface area contributed by atoms with Crippen LogP contribution in [0.15, 0.2) is 48.5 Å². The fourth-order valence-electron chi connectivity index (χ4n) is 3.72. The molecule has 1 aromatic heterocycles. The van der Waals surface area contributed by atoms with Crippen molar-refractivity contribution in [3.05, 3.63) is 76.7 Å². The quantitative estimate of drug-likeness (QED) is 0.495. The second-order valence-corrected chi connectivity index (χ2v) is 7.28. The summed E-state index contributed by atoms with van der Waals surface area (Å²) in [5.41, 5.74) is 3.45. The van der Waals surface area contributed by atoms with Crippen molar-refractivity contribution in [2.24, 2.45) is 5.92 Å². The van der Waals surface area contributed by atoms with Crippen LogP contribution < -0.4 is 0 Å². The Morgan fingerprint density at radius 2 is 1.89 bits per heavy atom. The van der Waals surface area contributed by atoms with Gasteiger partial charge in [0.25, 0.3) is 0 Å². The lowest BCUT2D eigenvalue weighted by Gasteiger charge is -2.24. The number of ether oxygens (including phenoxy) is 1. The van der Waals surface area contributed by atoms with E-state index in [1.54, 1.807) is 0 Å². The number of hydrogen-bond acceptors (Lipinski definition) is 4. The first-order valence-electron chi connectivity index (χ1n) is 9.39. The number of rotatable bonds is 4. The van der Waals surface area contributed by atoms with Crippen molar-refractivity contribution in [3.63, 3.8) is 0 Å². The highest BCUT2D eigenvalue weighted by molar-refractivity contribution is 6.06. The Balaban J connectivity index is 1.64. The van der Waals surface area contributed by atoms with Gasteiger partial charge in [-0.1, -0.05) is 25.1 Å². The lowest BCUT2D eigenvalue weighted by Crippen LogP contribution is -2.21. The summed E-state index contributed by atoms with van der Waals surface area (Å²) in [5.74, 6) is -0.839. The number of carbonyl (C=O) groups excluding carboxylic acids is 2. The fourth-order valence-corrected chi connectivity index (χ4v) is 3.72. The van der Waals surface area contributed by atoms with Crippen LogP contribution in [0.5, 0.6) is 0 Å². The second kappa shape index (κ2) is 7.50. The maximum absolute atomic E-state index is 13.0. The molecular formula is C23H20FNO3.